The number of benzene rings is 3. The molecular weight excluding hydrogens is 508 g/mol. The normalized spacial score (nSPS) is 17.0. The minimum absolute atomic E-state index is 0.0181. The first-order valence-corrected chi connectivity index (χ1v) is 15.3. The van der Waals surface area contributed by atoms with Gasteiger partial charge in [-0.15, -0.1) is 0 Å². The molecule has 1 aromatic heterocycles. The van der Waals surface area contributed by atoms with Gasteiger partial charge in [-0.3, -0.25) is 4.79 Å². The first kappa shape index (κ1) is 25.8. The van der Waals surface area contributed by atoms with Crippen molar-refractivity contribution in [3.05, 3.63) is 78.4 Å². The first-order chi connectivity index (χ1) is 18.9. The maximum absolute atomic E-state index is 14.5. The molecule has 0 spiro atoms. The summed E-state index contributed by atoms with van der Waals surface area (Å²) < 4.78 is 27.8. The second-order valence-electron chi connectivity index (χ2n) is 10.6. The van der Waals surface area contributed by atoms with Gasteiger partial charge in [-0.2, -0.15) is 0 Å². The Kier molecular flexibility index (Phi) is 7.01. The van der Waals surface area contributed by atoms with Crippen LogP contribution in [0.5, 0.6) is 0 Å². The van der Waals surface area contributed by atoms with Crippen LogP contribution in [-0.2, 0) is 10.0 Å². The molecule has 0 atom stereocenters. The molecule has 0 radical (unpaired) electrons. The number of amides is 1. The Bertz CT molecular complexity index is 1600. The van der Waals surface area contributed by atoms with Crippen LogP contribution < -0.4 is 10.5 Å². The summed E-state index contributed by atoms with van der Waals surface area (Å²) in [6.45, 7) is 2.74. The monoisotopic (exact) mass is 542 g/mol. The molecule has 39 heavy (non-hydrogen) atoms. The van der Waals surface area contributed by atoms with Gasteiger partial charge in [0.05, 0.1) is 21.7 Å². The van der Waals surface area contributed by atoms with E-state index in [0.717, 1.165) is 66.5 Å². The van der Waals surface area contributed by atoms with Gasteiger partial charge in [-0.05, 0) is 41.7 Å². The number of nitrogens with zero attached hydrogens (tertiary/aromatic N) is 2. The van der Waals surface area contributed by atoms with Crippen LogP contribution >= 0.6 is 0 Å². The quantitative estimate of drug-likeness (QED) is 0.363. The van der Waals surface area contributed by atoms with E-state index in [9.17, 15) is 13.2 Å². The molecule has 1 saturated carbocycles. The summed E-state index contributed by atoms with van der Waals surface area (Å²) in [5, 5.41) is 9.87. The number of aromatic nitrogens is 1. The number of sulfonamides is 1. The number of primary sulfonamides is 1. The Morgan fingerprint density at radius 2 is 1.46 bits per heavy atom. The van der Waals surface area contributed by atoms with Gasteiger partial charge >= 0.3 is 0 Å². The Morgan fingerprint density at radius 1 is 0.846 bits per heavy atom. The fourth-order valence-electron chi connectivity index (χ4n) is 6.25. The SMILES string of the molecule is NS(=O)(=O)c1cc(-c2ccccc2)c2c(C(=O)N3CCNCC3)c(-c3ccccc3)n(C3CCCCC3)c2c1. The van der Waals surface area contributed by atoms with Crippen molar-refractivity contribution in [1.29, 1.82) is 0 Å². The molecule has 2 heterocycles. The number of hydrogen-bond donors (Lipinski definition) is 2. The highest BCUT2D eigenvalue weighted by Crippen LogP contribution is 2.45. The molecule has 8 heteroatoms. The molecule has 6 rings (SSSR count). The first-order valence-electron chi connectivity index (χ1n) is 13.8. The van der Waals surface area contributed by atoms with Gasteiger partial charge in [0.2, 0.25) is 10.0 Å². The zero-order valence-corrected chi connectivity index (χ0v) is 22.8. The van der Waals surface area contributed by atoms with Crippen molar-refractivity contribution in [3.8, 4) is 22.4 Å². The van der Waals surface area contributed by atoms with Crippen molar-refractivity contribution in [1.82, 2.24) is 14.8 Å². The fraction of sp³-hybridized carbons (Fsp3) is 0.323. The summed E-state index contributed by atoms with van der Waals surface area (Å²) >= 11 is 0. The summed E-state index contributed by atoms with van der Waals surface area (Å²) in [6.07, 6.45) is 5.33. The Labute approximate surface area is 229 Å². The molecule has 0 bridgehead atoms. The lowest BCUT2D eigenvalue weighted by Gasteiger charge is -2.29. The number of piperazine rings is 1. The lowest BCUT2D eigenvalue weighted by Crippen LogP contribution is -2.46. The van der Waals surface area contributed by atoms with Gasteiger partial charge in [0.25, 0.3) is 5.91 Å². The van der Waals surface area contributed by atoms with Gasteiger partial charge < -0.3 is 14.8 Å². The average molecular weight is 543 g/mol. The Balaban J connectivity index is 1.77. The predicted octanol–water partition coefficient (Wildman–Crippen LogP) is 5.17. The van der Waals surface area contributed by atoms with Crippen molar-refractivity contribution in [2.24, 2.45) is 5.14 Å². The standard InChI is InChI=1S/C31H34N4O3S/c32-39(37,38)25-20-26(22-10-4-1-5-11-22)28-27(21-25)35(24-14-8-3-9-15-24)30(23-12-6-2-7-13-23)29(28)31(36)34-18-16-33-17-19-34/h1-2,4-7,10-13,20-21,24,33H,3,8-9,14-19H2,(H2,32,37,38). The number of nitrogens with two attached hydrogens (primary N) is 1. The summed E-state index contributed by atoms with van der Waals surface area (Å²) in [6, 6.07) is 23.2. The van der Waals surface area contributed by atoms with E-state index in [-0.39, 0.29) is 16.8 Å². The van der Waals surface area contributed by atoms with E-state index in [2.05, 4.69) is 9.88 Å². The Morgan fingerprint density at radius 3 is 2.08 bits per heavy atom. The van der Waals surface area contributed by atoms with Crippen molar-refractivity contribution in [3.63, 3.8) is 0 Å². The minimum Gasteiger partial charge on any atom is -0.337 e. The lowest BCUT2D eigenvalue weighted by atomic mass is 9.94. The molecule has 3 N–H and O–H groups in total. The maximum Gasteiger partial charge on any atom is 0.256 e. The zero-order chi connectivity index (χ0) is 27.0. The topological polar surface area (TPSA) is 97.4 Å². The number of nitrogens with one attached hydrogen (secondary N) is 1. The average Bonchev–Trinajstić information content (AvgIpc) is 3.33. The third-order valence-corrected chi connectivity index (χ3v) is 8.99. The highest BCUT2D eigenvalue weighted by Gasteiger charge is 2.33. The largest absolute Gasteiger partial charge is 0.337 e. The fourth-order valence-corrected chi connectivity index (χ4v) is 6.81. The third-order valence-electron chi connectivity index (χ3n) is 8.10. The van der Waals surface area contributed by atoms with E-state index in [4.69, 9.17) is 5.14 Å². The second-order valence-corrected chi connectivity index (χ2v) is 12.1. The maximum atomic E-state index is 14.5. The number of hydrogen-bond acceptors (Lipinski definition) is 4. The molecule has 202 valence electrons. The van der Waals surface area contributed by atoms with Crippen LogP contribution in [0, 0.1) is 0 Å². The van der Waals surface area contributed by atoms with Crippen LogP contribution in [-0.4, -0.2) is 50.0 Å². The molecule has 1 saturated heterocycles. The van der Waals surface area contributed by atoms with Crippen LogP contribution in [0.25, 0.3) is 33.3 Å². The molecule has 4 aromatic rings. The molecule has 3 aromatic carbocycles. The van der Waals surface area contributed by atoms with Gasteiger partial charge in [0.1, 0.15) is 0 Å². The van der Waals surface area contributed by atoms with Crippen molar-refractivity contribution in [2.45, 2.75) is 43.0 Å². The van der Waals surface area contributed by atoms with Crippen LogP contribution in [0.4, 0.5) is 0 Å². The van der Waals surface area contributed by atoms with Gasteiger partial charge in [-0.1, -0.05) is 79.9 Å². The summed E-state index contributed by atoms with van der Waals surface area (Å²) in [5.74, 6) is -0.0181. The van der Waals surface area contributed by atoms with Crippen molar-refractivity contribution in [2.75, 3.05) is 26.2 Å². The number of fused-ring (bicyclic) bond motifs is 1. The van der Waals surface area contributed by atoms with E-state index >= 15 is 0 Å². The molecule has 7 nitrogen and oxygen atoms in total. The number of rotatable bonds is 5. The summed E-state index contributed by atoms with van der Waals surface area (Å²) in [5.41, 5.74) is 4.77. The molecule has 2 fully saturated rings. The predicted molar refractivity (Wildman–Crippen MR) is 155 cm³/mol. The second kappa shape index (κ2) is 10.6. The highest BCUT2D eigenvalue weighted by atomic mass is 32.2. The van der Waals surface area contributed by atoms with E-state index < -0.39 is 10.0 Å². The third kappa shape index (κ3) is 4.88. The lowest BCUT2D eigenvalue weighted by molar-refractivity contribution is 0.0738. The molecule has 1 aliphatic heterocycles. The summed E-state index contributed by atoms with van der Waals surface area (Å²) in [7, 11) is -4.00. The minimum atomic E-state index is -4.00. The van der Waals surface area contributed by atoms with Crippen LogP contribution in [0.3, 0.4) is 0 Å². The molecule has 0 unspecified atom stereocenters. The van der Waals surface area contributed by atoms with Crippen molar-refractivity contribution >= 4 is 26.8 Å². The van der Waals surface area contributed by atoms with Crippen molar-refractivity contribution < 1.29 is 13.2 Å². The van der Waals surface area contributed by atoms with Crippen LogP contribution in [0.2, 0.25) is 0 Å². The number of carbonyl (C=O) groups is 1. The summed E-state index contributed by atoms with van der Waals surface area (Å²) in [4.78, 5) is 16.5. The van der Waals surface area contributed by atoms with Crippen LogP contribution in [0.1, 0.15) is 48.5 Å². The van der Waals surface area contributed by atoms with Gasteiger partial charge in [-0.25, -0.2) is 13.6 Å². The van der Waals surface area contributed by atoms with Gasteiger partial charge in [0, 0.05) is 37.6 Å². The smallest absolute Gasteiger partial charge is 0.256 e. The van der Waals surface area contributed by atoms with E-state index in [1.165, 1.54) is 6.42 Å². The number of carbonyl (C=O) groups excluding carboxylic acids is 1. The molecular formula is C31H34N4O3S. The molecule has 1 aliphatic carbocycles. The van der Waals surface area contributed by atoms with E-state index in [1.54, 1.807) is 12.1 Å². The van der Waals surface area contributed by atoms with Crippen LogP contribution in [0.15, 0.2) is 77.7 Å². The van der Waals surface area contributed by atoms with Gasteiger partial charge in [0.15, 0.2) is 0 Å². The highest BCUT2D eigenvalue weighted by molar-refractivity contribution is 7.89. The molecule has 1 amide bonds. The van der Waals surface area contributed by atoms with E-state index in [0.29, 0.717) is 24.2 Å². The van der Waals surface area contributed by atoms with E-state index in [1.807, 2.05) is 65.6 Å². The zero-order valence-electron chi connectivity index (χ0n) is 22.0. The molecule has 2 aliphatic rings. The Hall–Kier alpha value is -3.46.